The van der Waals surface area contributed by atoms with Crippen molar-refractivity contribution in [1.29, 1.82) is 0 Å². The molecule has 22 heavy (non-hydrogen) atoms. The standard InChI is InChI=1S/C16H26N2O3S/c1-14(2)7-8-17-9-11-18(12-10-17)22(19,20)16-6-4-5-15(13-16)21-3/h4-6,13-14H,7-12H2,1-3H3. The van der Waals surface area contributed by atoms with Crippen LogP contribution in [0.3, 0.4) is 0 Å². The van der Waals surface area contributed by atoms with Crippen molar-refractivity contribution in [3.8, 4) is 5.75 Å². The molecular formula is C16H26N2O3S. The van der Waals surface area contributed by atoms with Crippen LogP contribution in [0.1, 0.15) is 20.3 Å². The summed E-state index contributed by atoms with van der Waals surface area (Å²) in [5.41, 5.74) is 0. The third-order valence-corrected chi connectivity index (χ3v) is 5.93. The van der Waals surface area contributed by atoms with Crippen molar-refractivity contribution >= 4 is 10.0 Å². The maximum absolute atomic E-state index is 12.7. The van der Waals surface area contributed by atoms with E-state index in [1.54, 1.807) is 35.7 Å². The number of rotatable bonds is 6. The van der Waals surface area contributed by atoms with E-state index >= 15 is 0 Å². The Morgan fingerprint density at radius 3 is 2.45 bits per heavy atom. The van der Waals surface area contributed by atoms with Gasteiger partial charge in [-0.3, -0.25) is 0 Å². The van der Waals surface area contributed by atoms with Gasteiger partial charge in [-0.2, -0.15) is 4.31 Å². The van der Waals surface area contributed by atoms with Gasteiger partial charge in [-0.15, -0.1) is 0 Å². The lowest BCUT2D eigenvalue weighted by Gasteiger charge is -2.34. The molecule has 1 saturated heterocycles. The fourth-order valence-corrected chi connectivity index (χ4v) is 4.00. The van der Waals surface area contributed by atoms with Crippen molar-refractivity contribution in [1.82, 2.24) is 9.21 Å². The monoisotopic (exact) mass is 326 g/mol. The summed E-state index contributed by atoms with van der Waals surface area (Å²) in [4.78, 5) is 2.65. The summed E-state index contributed by atoms with van der Waals surface area (Å²) < 4.78 is 32.1. The molecule has 1 fully saturated rings. The summed E-state index contributed by atoms with van der Waals surface area (Å²) in [6.07, 6.45) is 1.16. The molecule has 0 spiro atoms. The smallest absolute Gasteiger partial charge is 0.243 e. The lowest BCUT2D eigenvalue weighted by molar-refractivity contribution is 0.180. The first kappa shape index (κ1) is 17.2. The van der Waals surface area contributed by atoms with Gasteiger partial charge in [0, 0.05) is 32.2 Å². The number of benzene rings is 1. The van der Waals surface area contributed by atoms with E-state index in [0.717, 1.165) is 26.1 Å². The molecule has 1 aromatic carbocycles. The minimum Gasteiger partial charge on any atom is -0.497 e. The van der Waals surface area contributed by atoms with E-state index in [1.807, 2.05) is 0 Å². The average Bonchev–Trinajstić information content (AvgIpc) is 2.53. The van der Waals surface area contributed by atoms with E-state index in [2.05, 4.69) is 18.7 Å². The summed E-state index contributed by atoms with van der Waals surface area (Å²) in [6, 6.07) is 6.68. The third kappa shape index (κ3) is 4.21. The Morgan fingerprint density at radius 1 is 1.18 bits per heavy atom. The SMILES string of the molecule is COc1cccc(S(=O)(=O)N2CCN(CCC(C)C)CC2)c1. The Morgan fingerprint density at radius 2 is 1.86 bits per heavy atom. The lowest BCUT2D eigenvalue weighted by Crippen LogP contribution is -2.48. The van der Waals surface area contributed by atoms with Gasteiger partial charge in [0.25, 0.3) is 0 Å². The zero-order valence-corrected chi connectivity index (χ0v) is 14.5. The van der Waals surface area contributed by atoms with E-state index < -0.39 is 10.0 Å². The number of piperazine rings is 1. The minimum atomic E-state index is -3.42. The second-order valence-corrected chi connectivity index (χ2v) is 8.05. The molecule has 1 heterocycles. The molecule has 2 rings (SSSR count). The Labute approximate surface area is 133 Å². The van der Waals surface area contributed by atoms with Crippen LogP contribution in [0.15, 0.2) is 29.2 Å². The van der Waals surface area contributed by atoms with E-state index in [1.165, 1.54) is 0 Å². The highest BCUT2D eigenvalue weighted by atomic mass is 32.2. The second-order valence-electron chi connectivity index (χ2n) is 6.11. The molecule has 0 saturated carbocycles. The molecule has 1 aromatic rings. The molecule has 124 valence electrons. The van der Waals surface area contributed by atoms with E-state index in [9.17, 15) is 8.42 Å². The Balaban J connectivity index is 2.00. The molecule has 0 N–H and O–H groups in total. The first-order valence-corrected chi connectivity index (χ1v) is 9.24. The van der Waals surface area contributed by atoms with Gasteiger partial charge in [0.15, 0.2) is 0 Å². The quantitative estimate of drug-likeness (QED) is 0.803. The molecular weight excluding hydrogens is 300 g/mol. The summed E-state index contributed by atoms with van der Waals surface area (Å²) >= 11 is 0. The highest BCUT2D eigenvalue weighted by molar-refractivity contribution is 7.89. The van der Waals surface area contributed by atoms with Gasteiger partial charge in [0.1, 0.15) is 5.75 Å². The Hall–Kier alpha value is -1.11. The minimum absolute atomic E-state index is 0.308. The highest BCUT2D eigenvalue weighted by Crippen LogP contribution is 2.22. The second kappa shape index (κ2) is 7.44. The van der Waals surface area contributed by atoms with Crippen molar-refractivity contribution < 1.29 is 13.2 Å². The predicted molar refractivity (Wildman–Crippen MR) is 87.6 cm³/mol. The van der Waals surface area contributed by atoms with Crippen LogP contribution < -0.4 is 4.74 Å². The van der Waals surface area contributed by atoms with Crippen LogP contribution in [0.2, 0.25) is 0 Å². The molecule has 0 amide bonds. The first-order chi connectivity index (χ1) is 10.4. The maximum atomic E-state index is 12.7. The fourth-order valence-electron chi connectivity index (χ4n) is 2.54. The largest absolute Gasteiger partial charge is 0.497 e. The zero-order valence-electron chi connectivity index (χ0n) is 13.7. The number of methoxy groups -OCH3 is 1. The zero-order chi connectivity index (χ0) is 16.2. The summed E-state index contributed by atoms with van der Waals surface area (Å²) in [5.74, 6) is 1.25. The fraction of sp³-hybridized carbons (Fsp3) is 0.625. The topological polar surface area (TPSA) is 49.9 Å². The van der Waals surface area contributed by atoms with Crippen LogP contribution >= 0.6 is 0 Å². The van der Waals surface area contributed by atoms with Gasteiger partial charge in [-0.05, 0) is 31.0 Å². The number of sulfonamides is 1. The van der Waals surface area contributed by atoms with Crippen LogP contribution in [-0.4, -0.2) is 57.5 Å². The van der Waals surface area contributed by atoms with Crippen LogP contribution in [-0.2, 0) is 10.0 Å². The molecule has 6 heteroatoms. The van der Waals surface area contributed by atoms with Crippen molar-refractivity contribution in [2.45, 2.75) is 25.2 Å². The predicted octanol–water partition coefficient (Wildman–Crippen LogP) is 2.05. The van der Waals surface area contributed by atoms with E-state index in [-0.39, 0.29) is 0 Å². The highest BCUT2D eigenvalue weighted by Gasteiger charge is 2.28. The van der Waals surface area contributed by atoms with E-state index in [0.29, 0.717) is 29.7 Å². The molecule has 1 aliphatic heterocycles. The van der Waals surface area contributed by atoms with Gasteiger partial charge < -0.3 is 9.64 Å². The van der Waals surface area contributed by atoms with Crippen molar-refractivity contribution in [2.75, 3.05) is 39.8 Å². The number of hydrogen-bond acceptors (Lipinski definition) is 4. The van der Waals surface area contributed by atoms with Gasteiger partial charge in [-0.25, -0.2) is 8.42 Å². The van der Waals surface area contributed by atoms with Gasteiger partial charge >= 0.3 is 0 Å². The van der Waals surface area contributed by atoms with Crippen LogP contribution in [0.5, 0.6) is 5.75 Å². The summed E-state index contributed by atoms with van der Waals surface area (Å²) in [7, 11) is -1.88. The van der Waals surface area contributed by atoms with Gasteiger partial charge in [-0.1, -0.05) is 19.9 Å². The van der Waals surface area contributed by atoms with Gasteiger partial charge in [0.05, 0.1) is 12.0 Å². The van der Waals surface area contributed by atoms with Crippen molar-refractivity contribution in [2.24, 2.45) is 5.92 Å². The number of nitrogens with zero attached hydrogens (tertiary/aromatic N) is 2. The van der Waals surface area contributed by atoms with E-state index in [4.69, 9.17) is 4.74 Å². The molecule has 0 aliphatic carbocycles. The molecule has 5 nitrogen and oxygen atoms in total. The number of hydrogen-bond donors (Lipinski definition) is 0. The molecule has 0 unspecified atom stereocenters. The lowest BCUT2D eigenvalue weighted by atomic mass is 10.1. The first-order valence-electron chi connectivity index (χ1n) is 7.80. The van der Waals surface area contributed by atoms with Crippen LogP contribution in [0.25, 0.3) is 0 Å². The Kier molecular flexibility index (Phi) is 5.83. The number of ether oxygens (including phenoxy) is 1. The van der Waals surface area contributed by atoms with Crippen LogP contribution in [0.4, 0.5) is 0 Å². The molecule has 0 atom stereocenters. The van der Waals surface area contributed by atoms with Gasteiger partial charge in [0.2, 0.25) is 10.0 Å². The van der Waals surface area contributed by atoms with Crippen molar-refractivity contribution in [3.63, 3.8) is 0 Å². The molecule has 0 radical (unpaired) electrons. The van der Waals surface area contributed by atoms with Crippen LogP contribution in [0, 0.1) is 5.92 Å². The molecule has 0 bridgehead atoms. The normalized spacial score (nSPS) is 17.8. The summed E-state index contributed by atoms with van der Waals surface area (Å²) in [5, 5.41) is 0. The van der Waals surface area contributed by atoms with Crippen molar-refractivity contribution in [3.05, 3.63) is 24.3 Å². The Bertz CT molecular complexity index is 579. The summed E-state index contributed by atoms with van der Waals surface area (Å²) in [6.45, 7) is 8.18. The maximum Gasteiger partial charge on any atom is 0.243 e. The molecule has 0 aromatic heterocycles. The third-order valence-electron chi connectivity index (χ3n) is 4.03. The molecule has 1 aliphatic rings. The average molecular weight is 326 g/mol.